The lowest BCUT2D eigenvalue weighted by Gasteiger charge is -2.12. The molecule has 4 aromatic rings. The maximum absolute atomic E-state index is 14.9. The number of nitrogens with one attached hydrogen (secondary N) is 2. The first-order chi connectivity index (χ1) is 17.9. The maximum atomic E-state index is 14.9. The van der Waals surface area contributed by atoms with Crippen LogP contribution in [-0.2, 0) is 6.42 Å². The van der Waals surface area contributed by atoms with Crippen molar-refractivity contribution in [2.75, 3.05) is 11.9 Å². The molecule has 0 fully saturated rings. The van der Waals surface area contributed by atoms with Gasteiger partial charge in [-0.3, -0.25) is 14.6 Å². The Morgan fingerprint density at radius 3 is 2.49 bits per heavy atom. The number of anilines is 1. The third-order valence-electron chi connectivity index (χ3n) is 5.42. The number of nitrogens with zero attached hydrogens (tertiary/aromatic N) is 2. The molecule has 9 heteroatoms. The molecule has 0 aliphatic heterocycles. The van der Waals surface area contributed by atoms with Gasteiger partial charge in [0.15, 0.2) is 0 Å². The van der Waals surface area contributed by atoms with E-state index in [0.29, 0.717) is 24.1 Å². The molecule has 2 aromatic carbocycles. The number of carbonyl (C=O) groups is 2. The topological polar surface area (TPSA) is 84.0 Å². The number of hydrogen-bond donors (Lipinski definition) is 2. The third-order valence-corrected chi connectivity index (χ3v) is 6.03. The molecule has 184 valence electrons. The van der Waals surface area contributed by atoms with Gasteiger partial charge in [0.05, 0.1) is 33.1 Å². The molecule has 2 amide bonds. The standard InChI is InChI=1S/C28H19Cl2FN4O2/c1-2-18-15-32-10-9-20(18)21-13-23(29)22(14-25(21)31)27(36)35-19-12-24(30)26(34-16-19)28(37)33-11-8-17-6-4-3-5-7-17/h1,3-7,9-10,12-16H,8,11H2,(H,33,37)(H,35,36). The number of carbonyl (C=O) groups excluding carboxylic acids is 2. The Hall–Kier alpha value is -4.25. The molecule has 0 unspecified atom stereocenters. The molecule has 2 heterocycles. The minimum atomic E-state index is -0.684. The number of rotatable bonds is 7. The van der Waals surface area contributed by atoms with Gasteiger partial charge < -0.3 is 10.6 Å². The Morgan fingerprint density at radius 2 is 1.76 bits per heavy atom. The molecule has 4 rings (SSSR count). The van der Waals surface area contributed by atoms with Gasteiger partial charge in [-0.15, -0.1) is 6.42 Å². The summed E-state index contributed by atoms with van der Waals surface area (Å²) in [6.07, 6.45) is 10.3. The Labute approximate surface area is 222 Å². The molecule has 0 aliphatic rings. The lowest BCUT2D eigenvalue weighted by Crippen LogP contribution is -2.27. The molecule has 0 bridgehead atoms. The fourth-order valence-electron chi connectivity index (χ4n) is 3.59. The van der Waals surface area contributed by atoms with Gasteiger partial charge in [0, 0.05) is 30.1 Å². The average molecular weight is 533 g/mol. The number of aromatic nitrogens is 2. The van der Waals surface area contributed by atoms with Crippen molar-refractivity contribution in [3.05, 3.63) is 111 Å². The van der Waals surface area contributed by atoms with Crippen molar-refractivity contribution in [1.29, 1.82) is 0 Å². The summed E-state index contributed by atoms with van der Waals surface area (Å²) < 4.78 is 14.9. The summed E-state index contributed by atoms with van der Waals surface area (Å²) in [6, 6.07) is 15.0. The first-order valence-electron chi connectivity index (χ1n) is 11.1. The highest BCUT2D eigenvalue weighted by Gasteiger charge is 2.19. The molecule has 0 spiro atoms. The quantitative estimate of drug-likeness (QED) is 0.295. The molecule has 0 saturated heterocycles. The van der Waals surface area contributed by atoms with Crippen LogP contribution in [0.4, 0.5) is 10.1 Å². The molecule has 2 aromatic heterocycles. The van der Waals surface area contributed by atoms with Crippen molar-refractivity contribution in [3.8, 4) is 23.5 Å². The van der Waals surface area contributed by atoms with Crippen molar-refractivity contribution >= 4 is 40.7 Å². The van der Waals surface area contributed by atoms with E-state index in [1.54, 1.807) is 6.07 Å². The van der Waals surface area contributed by atoms with Gasteiger partial charge in [-0.05, 0) is 36.2 Å². The molecule has 0 saturated carbocycles. The first-order valence-corrected chi connectivity index (χ1v) is 11.8. The van der Waals surface area contributed by atoms with E-state index in [4.69, 9.17) is 29.6 Å². The van der Waals surface area contributed by atoms with Gasteiger partial charge in [-0.2, -0.15) is 0 Å². The highest BCUT2D eigenvalue weighted by atomic mass is 35.5. The number of terminal acetylenes is 1. The summed E-state index contributed by atoms with van der Waals surface area (Å²) >= 11 is 12.6. The van der Waals surface area contributed by atoms with Gasteiger partial charge in [0.1, 0.15) is 11.5 Å². The van der Waals surface area contributed by atoms with Crippen LogP contribution >= 0.6 is 23.2 Å². The van der Waals surface area contributed by atoms with Gasteiger partial charge in [0.25, 0.3) is 11.8 Å². The molecule has 0 aliphatic carbocycles. The lowest BCUT2D eigenvalue weighted by atomic mass is 10.00. The normalized spacial score (nSPS) is 10.4. The summed E-state index contributed by atoms with van der Waals surface area (Å²) in [5.74, 6) is 0.640. The van der Waals surface area contributed by atoms with Crippen molar-refractivity contribution in [2.45, 2.75) is 6.42 Å². The van der Waals surface area contributed by atoms with Crippen LogP contribution in [0.2, 0.25) is 10.0 Å². The molecular formula is C28H19Cl2FN4O2. The number of halogens is 3. The summed E-state index contributed by atoms with van der Waals surface area (Å²) in [5.41, 5.74) is 2.17. The van der Waals surface area contributed by atoms with Crippen LogP contribution in [0.15, 0.2) is 73.2 Å². The first kappa shape index (κ1) is 25.8. The molecule has 37 heavy (non-hydrogen) atoms. The van der Waals surface area contributed by atoms with Crippen LogP contribution in [0, 0.1) is 18.2 Å². The lowest BCUT2D eigenvalue weighted by molar-refractivity contribution is 0.0949. The van der Waals surface area contributed by atoms with Crippen LogP contribution in [0.3, 0.4) is 0 Å². The summed E-state index contributed by atoms with van der Waals surface area (Å²) in [5, 5.41) is 5.39. The van der Waals surface area contributed by atoms with Crippen LogP contribution in [0.1, 0.15) is 32.0 Å². The molecule has 6 nitrogen and oxygen atoms in total. The average Bonchev–Trinajstić information content (AvgIpc) is 2.90. The third kappa shape index (κ3) is 6.12. The zero-order valence-corrected chi connectivity index (χ0v) is 20.8. The fourth-order valence-corrected chi connectivity index (χ4v) is 4.09. The smallest absolute Gasteiger partial charge is 0.271 e. The van der Waals surface area contributed by atoms with Crippen molar-refractivity contribution in [3.63, 3.8) is 0 Å². The highest BCUT2D eigenvalue weighted by molar-refractivity contribution is 6.35. The van der Waals surface area contributed by atoms with Gasteiger partial charge >= 0.3 is 0 Å². The number of hydrogen-bond acceptors (Lipinski definition) is 4. The zero-order valence-electron chi connectivity index (χ0n) is 19.3. The van der Waals surface area contributed by atoms with E-state index in [1.807, 2.05) is 30.3 Å². The minimum absolute atomic E-state index is 0.0159. The van der Waals surface area contributed by atoms with Gasteiger partial charge in [-0.25, -0.2) is 9.37 Å². The molecule has 2 N–H and O–H groups in total. The van der Waals surface area contributed by atoms with Crippen molar-refractivity contribution in [1.82, 2.24) is 15.3 Å². The number of amides is 2. The SMILES string of the molecule is C#Cc1cnccc1-c1cc(Cl)c(C(=O)Nc2cnc(C(=O)NCCc3ccccc3)c(Cl)c2)cc1F. The molecular weight excluding hydrogens is 514 g/mol. The largest absolute Gasteiger partial charge is 0.350 e. The van der Waals surface area contributed by atoms with E-state index < -0.39 is 17.6 Å². The highest BCUT2D eigenvalue weighted by Crippen LogP contribution is 2.31. The van der Waals surface area contributed by atoms with E-state index >= 15 is 0 Å². The molecule has 0 atom stereocenters. The Morgan fingerprint density at radius 1 is 0.973 bits per heavy atom. The van der Waals surface area contributed by atoms with E-state index in [1.165, 1.54) is 30.7 Å². The molecule has 0 radical (unpaired) electrons. The summed E-state index contributed by atoms with van der Waals surface area (Å²) in [4.78, 5) is 33.3. The van der Waals surface area contributed by atoms with E-state index in [9.17, 15) is 14.0 Å². The van der Waals surface area contributed by atoms with Crippen LogP contribution < -0.4 is 10.6 Å². The predicted octanol–water partition coefficient (Wildman–Crippen LogP) is 5.80. The van der Waals surface area contributed by atoms with Crippen LogP contribution in [-0.4, -0.2) is 28.3 Å². The second-order valence-electron chi connectivity index (χ2n) is 7.88. The monoisotopic (exact) mass is 532 g/mol. The van der Waals surface area contributed by atoms with Crippen molar-refractivity contribution in [2.24, 2.45) is 0 Å². The Balaban J connectivity index is 1.45. The number of pyridine rings is 2. The number of benzene rings is 2. The van der Waals surface area contributed by atoms with E-state index in [0.717, 1.165) is 11.6 Å². The van der Waals surface area contributed by atoms with E-state index in [-0.39, 0.29) is 32.6 Å². The second-order valence-corrected chi connectivity index (χ2v) is 8.69. The Kier molecular flexibility index (Phi) is 8.14. The van der Waals surface area contributed by atoms with Crippen molar-refractivity contribution < 1.29 is 14.0 Å². The van der Waals surface area contributed by atoms with Crippen LogP contribution in [0.25, 0.3) is 11.1 Å². The Bertz CT molecular complexity index is 1520. The van der Waals surface area contributed by atoms with Crippen LogP contribution in [0.5, 0.6) is 0 Å². The van der Waals surface area contributed by atoms with Gasteiger partial charge in [0.2, 0.25) is 0 Å². The fraction of sp³-hybridized carbons (Fsp3) is 0.0714. The van der Waals surface area contributed by atoms with Gasteiger partial charge in [-0.1, -0.05) is 59.5 Å². The second kappa shape index (κ2) is 11.7. The predicted molar refractivity (Wildman–Crippen MR) is 142 cm³/mol. The summed E-state index contributed by atoms with van der Waals surface area (Å²) in [7, 11) is 0. The van der Waals surface area contributed by atoms with E-state index in [2.05, 4.69) is 26.5 Å². The summed E-state index contributed by atoms with van der Waals surface area (Å²) in [6.45, 7) is 0.404. The zero-order chi connectivity index (χ0) is 26.4. The minimum Gasteiger partial charge on any atom is -0.350 e. The maximum Gasteiger partial charge on any atom is 0.271 e.